The maximum atomic E-state index is 12.8. The second-order valence-electron chi connectivity index (χ2n) is 7.57. The molecule has 4 rings (SSSR count). The summed E-state index contributed by atoms with van der Waals surface area (Å²) in [5.41, 5.74) is 2.73. The van der Waals surface area contributed by atoms with E-state index in [-0.39, 0.29) is 22.9 Å². The molecule has 0 aliphatic heterocycles. The first-order valence-corrected chi connectivity index (χ1v) is 10.8. The van der Waals surface area contributed by atoms with E-state index < -0.39 is 0 Å². The van der Waals surface area contributed by atoms with Crippen molar-refractivity contribution in [1.29, 1.82) is 0 Å². The van der Waals surface area contributed by atoms with Crippen molar-refractivity contribution in [2.24, 2.45) is 7.05 Å². The molecule has 0 saturated heterocycles. The predicted octanol–water partition coefficient (Wildman–Crippen LogP) is 4.60. The first kappa shape index (κ1) is 23.0. The van der Waals surface area contributed by atoms with Crippen LogP contribution in [0.1, 0.15) is 21.5 Å². The summed E-state index contributed by atoms with van der Waals surface area (Å²) in [6.45, 7) is 2.25. The van der Waals surface area contributed by atoms with Crippen molar-refractivity contribution in [2.45, 2.75) is 13.5 Å². The number of carbonyl (C=O) groups excluding carboxylic acids is 1. The number of rotatable bonds is 7. The number of aryl methyl sites for hydroxylation is 2. The molecular formula is C25H22ClN5O3. The third-order valence-corrected chi connectivity index (χ3v) is 5.48. The molecular weight excluding hydrogens is 454 g/mol. The topological polar surface area (TPSA) is 98.1 Å². The van der Waals surface area contributed by atoms with Crippen molar-refractivity contribution in [3.05, 3.63) is 105 Å². The van der Waals surface area contributed by atoms with Crippen LogP contribution in [0.4, 0.5) is 11.4 Å². The van der Waals surface area contributed by atoms with Gasteiger partial charge in [0.15, 0.2) is 11.4 Å². The van der Waals surface area contributed by atoms with Crippen LogP contribution in [0.15, 0.2) is 78.0 Å². The predicted molar refractivity (Wildman–Crippen MR) is 131 cm³/mol. The van der Waals surface area contributed by atoms with Gasteiger partial charge in [-0.05, 0) is 66.6 Å². The van der Waals surface area contributed by atoms with Crippen LogP contribution in [0.2, 0.25) is 5.02 Å². The molecule has 0 fully saturated rings. The summed E-state index contributed by atoms with van der Waals surface area (Å²) in [6, 6.07) is 15.7. The van der Waals surface area contributed by atoms with Crippen LogP contribution in [0.3, 0.4) is 0 Å². The summed E-state index contributed by atoms with van der Waals surface area (Å²) in [5.74, 6) is 0.584. The summed E-state index contributed by atoms with van der Waals surface area (Å²) >= 11 is 6.09. The fourth-order valence-electron chi connectivity index (χ4n) is 3.16. The van der Waals surface area contributed by atoms with Gasteiger partial charge in [-0.1, -0.05) is 17.7 Å². The molecule has 0 saturated carbocycles. The number of nitrogens with one attached hydrogen (secondary N) is 2. The molecule has 172 valence electrons. The van der Waals surface area contributed by atoms with Gasteiger partial charge in [0.2, 0.25) is 0 Å². The Morgan fingerprint density at radius 3 is 2.62 bits per heavy atom. The lowest BCUT2D eigenvalue weighted by molar-refractivity contribution is 0.0951. The van der Waals surface area contributed by atoms with Crippen LogP contribution in [-0.2, 0) is 13.6 Å². The Labute approximate surface area is 201 Å². The van der Waals surface area contributed by atoms with E-state index in [1.807, 2.05) is 19.1 Å². The third-order valence-electron chi connectivity index (χ3n) is 5.05. The monoisotopic (exact) mass is 475 g/mol. The molecule has 0 aliphatic rings. The Morgan fingerprint density at radius 1 is 1.12 bits per heavy atom. The highest BCUT2D eigenvalue weighted by molar-refractivity contribution is 6.31. The van der Waals surface area contributed by atoms with Gasteiger partial charge in [0.25, 0.3) is 11.5 Å². The SMILES string of the molecule is Cc1cc(Oc2cnn(C)c(=O)c2Nc2ccc(C(=O)NCc3cccnc3)cc2)ccc1Cl. The molecule has 1 amide bonds. The van der Waals surface area contributed by atoms with Gasteiger partial charge in [0, 0.05) is 42.3 Å². The Kier molecular flexibility index (Phi) is 6.89. The lowest BCUT2D eigenvalue weighted by Gasteiger charge is -2.14. The first-order chi connectivity index (χ1) is 16.4. The maximum Gasteiger partial charge on any atom is 0.294 e. The van der Waals surface area contributed by atoms with Crippen molar-refractivity contribution < 1.29 is 9.53 Å². The van der Waals surface area contributed by atoms with E-state index in [9.17, 15) is 9.59 Å². The smallest absolute Gasteiger partial charge is 0.294 e. The van der Waals surface area contributed by atoms with Crippen LogP contribution < -0.4 is 20.9 Å². The molecule has 34 heavy (non-hydrogen) atoms. The standard InChI is InChI=1S/C25H22ClN5O3/c1-16-12-20(9-10-21(16)26)34-22-15-29-31(2)25(33)23(22)30-19-7-5-18(6-8-19)24(32)28-14-17-4-3-11-27-13-17/h3-13,15,30H,14H2,1-2H3,(H,28,32). The number of benzene rings is 2. The van der Waals surface area contributed by atoms with Gasteiger partial charge in [-0.2, -0.15) is 5.10 Å². The summed E-state index contributed by atoms with van der Waals surface area (Å²) in [6.07, 6.45) is 4.85. The first-order valence-electron chi connectivity index (χ1n) is 10.5. The molecule has 2 aromatic heterocycles. The zero-order chi connectivity index (χ0) is 24.1. The molecule has 2 N–H and O–H groups in total. The van der Waals surface area contributed by atoms with Gasteiger partial charge < -0.3 is 15.4 Å². The van der Waals surface area contributed by atoms with Crippen LogP contribution in [0.5, 0.6) is 11.5 Å². The minimum Gasteiger partial charge on any atom is -0.453 e. The van der Waals surface area contributed by atoms with Gasteiger partial charge in [-0.25, -0.2) is 4.68 Å². The molecule has 2 aromatic carbocycles. The average molecular weight is 476 g/mol. The molecule has 9 heteroatoms. The number of ether oxygens (including phenoxy) is 1. The molecule has 0 atom stereocenters. The molecule has 0 aliphatic carbocycles. The molecule has 0 spiro atoms. The van der Waals surface area contributed by atoms with Gasteiger partial charge in [0.05, 0.1) is 6.20 Å². The Morgan fingerprint density at radius 2 is 1.91 bits per heavy atom. The minimum atomic E-state index is -0.360. The second-order valence-corrected chi connectivity index (χ2v) is 7.98. The number of anilines is 2. The molecule has 0 bridgehead atoms. The van der Waals surface area contributed by atoms with Gasteiger partial charge in [-0.3, -0.25) is 14.6 Å². The van der Waals surface area contributed by atoms with Crippen LogP contribution in [0, 0.1) is 6.92 Å². The highest BCUT2D eigenvalue weighted by Crippen LogP contribution is 2.30. The van der Waals surface area contributed by atoms with E-state index in [1.165, 1.54) is 10.9 Å². The van der Waals surface area contributed by atoms with E-state index in [1.54, 1.807) is 61.9 Å². The number of aromatic nitrogens is 3. The van der Waals surface area contributed by atoms with Crippen molar-refractivity contribution in [3.8, 4) is 11.5 Å². The van der Waals surface area contributed by atoms with Crippen molar-refractivity contribution in [3.63, 3.8) is 0 Å². The normalized spacial score (nSPS) is 10.6. The molecule has 8 nitrogen and oxygen atoms in total. The number of hydrogen-bond acceptors (Lipinski definition) is 6. The number of halogens is 1. The maximum absolute atomic E-state index is 12.8. The molecule has 0 radical (unpaired) electrons. The number of hydrogen-bond donors (Lipinski definition) is 2. The highest BCUT2D eigenvalue weighted by Gasteiger charge is 2.14. The van der Waals surface area contributed by atoms with Crippen molar-refractivity contribution in [2.75, 3.05) is 5.32 Å². The highest BCUT2D eigenvalue weighted by atomic mass is 35.5. The lowest BCUT2D eigenvalue weighted by atomic mass is 10.2. The molecule has 4 aromatic rings. The van der Waals surface area contributed by atoms with E-state index in [2.05, 4.69) is 20.7 Å². The number of carbonyl (C=O) groups is 1. The van der Waals surface area contributed by atoms with Crippen LogP contribution in [0.25, 0.3) is 0 Å². The summed E-state index contributed by atoms with van der Waals surface area (Å²) in [5, 5.41) is 10.6. The molecule has 0 unspecified atom stereocenters. The van der Waals surface area contributed by atoms with E-state index in [0.29, 0.717) is 28.6 Å². The fourth-order valence-corrected chi connectivity index (χ4v) is 3.28. The second kappa shape index (κ2) is 10.2. The Balaban J connectivity index is 1.50. The van der Waals surface area contributed by atoms with Crippen molar-refractivity contribution >= 4 is 28.9 Å². The van der Waals surface area contributed by atoms with Gasteiger partial charge in [0.1, 0.15) is 5.75 Å². The van der Waals surface area contributed by atoms with E-state index >= 15 is 0 Å². The minimum absolute atomic E-state index is 0.211. The van der Waals surface area contributed by atoms with Crippen molar-refractivity contribution in [1.82, 2.24) is 20.1 Å². The third kappa shape index (κ3) is 5.41. The van der Waals surface area contributed by atoms with Crippen LogP contribution >= 0.6 is 11.6 Å². The quantitative estimate of drug-likeness (QED) is 0.405. The Bertz CT molecular complexity index is 1370. The van der Waals surface area contributed by atoms with E-state index in [4.69, 9.17) is 16.3 Å². The molecule has 2 heterocycles. The fraction of sp³-hybridized carbons (Fsp3) is 0.120. The Hall–Kier alpha value is -4.17. The zero-order valence-corrected chi connectivity index (χ0v) is 19.3. The van der Waals surface area contributed by atoms with Crippen LogP contribution in [-0.4, -0.2) is 20.7 Å². The number of pyridine rings is 1. The summed E-state index contributed by atoms with van der Waals surface area (Å²) in [4.78, 5) is 29.3. The lowest BCUT2D eigenvalue weighted by Crippen LogP contribution is -2.23. The average Bonchev–Trinajstić information content (AvgIpc) is 2.85. The summed E-state index contributed by atoms with van der Waals surface area (Å²) < 4.78 is 7.13. The number of amides is 1. The summed E-state index contributed by atoms with van der Waals surface area (Å²) in [7, 11) is 1.55. The zero-order valence-electron chi connectivity index (χ0n) is 18.6. The van der Waals surface area contributed by atoms with Gasteiger partial charge >= 0.3 is 0 Å². The van der Waals surface area contributed by atoms with Gasteiger partial charge in [-0.15, -0.1) is 0 Å². The largest absolute Gasteiger partial charge is 0.453 e. The van der Waals surface area contributed by atoms with E-state index in [0.717, 1.165) is 11.1 Å². The number of nitrogens with zero attached hydrogens (tertiary/aromatic N) is 3.